The lowest BCUT2D eigenvalue weighted by Gasteiger charge is -2.18. The molecule has 1 rings (SSSR count). The Balaban J connectivity index is 2.57. The fourth-order valence-electron chi connectivity index (χ4n) is 1.26. The van der Waals surface area contributed by atoms with Crippen LogP contribution in [0.5, 0.6) is 0 Å². The molecule has 0 fully saturated rings. The zero-order valence-electron chi connectivity index (χ0n) is 8.96. The molecule has 0 unspecified atom stereocenters. The molecular formula is C11H15FN2O. The minimum Gasteiger partial charge on any atom is -0.365 e. The number of carbonyl (C=O) groups is 1. The summed E-state index contributed by atoms with van der Waals surface area (Å²) >= 11 is 0. The number of amides is 1. The van der Waals surface area contributed by atoms with Crippen molar-refractivity contribution in [3.63, 3.8) is 0 Å². The molecule has 0 spiro atoms. The Morgan fingerprint density at radius 1 is 1.40 bits per heavy atom. The number of nitrogens with one attached hydrogen (secondary N) is 1. The van der Waals surface area contributed by atoms with Crippen LogP contribution < -0.4 is 10.2 Å². The van der Waals surface area contributed by atoms with Gasteiger partial charge in [-0.3, -0.25) is 4.79 Å². The molecule has 0 atom stereocenters. The zero-order valence-corrected chi connectivity index (χ0v) is 8.96. The van der Waals surface area contributed by atoms with Gasteiger partial charge in [-0.2, -0.15) is 0 Å². The van der Waals surface area contributed by atoms with Crippen LogP contribution >= 0.6 is 0 Å². The van der Waals surface area contributed by atoms with Crippen LogP contribution in [0.3, 0.4) is 0 Å². The van der Waals surface area contributed by atoms with Crippen molar-refractivity contribution in [2.45, 2.75) is 6.92 Å². The average Bonchev–Trinajstić information content (AvgIpc) is 2.18. The van der Waals surface area contributed by atoms with Crippen molar-refractivity contribution in [2.24, 2.45) is 0 Å². The van der Waals surface area contributed by atoms with Gasteiger partial charge in [0.1, 0.15) is 5.82 Å². The van der Waals surface area contributed by atoms with Gasteiger partial charge in [-0.05, 0) is 31.2 Å². The Kier molecular flexibility index (Phi) is 4.09. The zero-order chi connectivity index (χ0) is 11.3. The van der Waals surface area contributed by atoms with Gasteiger partial charge in [-0.1, -0.05) is 0 Å². The van der Waals surface area contributed by atoms with Crippen LogP contribution in [-0.4, -0.2) is 26.0 Å². The Bertz CT molecular complexity index is 324. The number of halogens is 1. The Morgan fingerprint density at radius 3 is 2.53 bits per heavy atom. The summed E-state index contributed by atoms with van der Waals surface area (Å²) < 4.78 is 12.6. The second-order valence-corrected chi connectivity index (χ2v) is 3.29. The second kappa shape index (κ2) is 5.34. The molecule has 1 amide bonds. The van der Waals surface area contributed by atoms with Gasteiger partial charge in [0, 0.05) is 19.3 Å². The van der Waals surface area contributed by atoms with Gasteiger partial charge in [0.2, 0.25) is 5.91 Å². The smallest absolute Gasteiger partial charge is 0.239 e. The predicted molar refractivity (Wildman–Crippen MR) is 58.4 cm³/mol. The molecule has 4 heteroatoms. The van der Waals surface area contributed by atoms with E-state index in [4.69, 9.17) is 0 Å². The minimum absolute atomic E-state index is 0.0377. The normalized spacial score (nSPS) is 9.80. The van der Waals surface area contributed by atoms with Crippen LogP contribution in [0.15, 0.2) is 24.3 Å². The number of nitrogens with zero attached hydrogens (tertiary/aromatic N) is 1. The molecule has 0 aliphatic carbocycles. The maximum absolute atomic E-state index is 12.6. The van der Waals surface area contributed by atoms with Crippen LogP contribution in [0.1, 0.15) is 6.92 Å². The maximum Gasteiger partial charge on any atom is 0.239 e. The lowest BCUT2D eigenvalue weighted by Crippen LogP contribution is -2.34. The third-order valence-electron chi connectivity index (χ3n) is 2.02. The van der Waals surface area contributed by atoms with Gasteiger partial charge in [-0.25, -0.2) is 4.39 Å². The highest BCUT2D eigenvalue weighted by molar-refractivity contribution is 5.81. The first-order valence-corrected chi connectivity index (χ1v) is 4.87. The van der Waals surface area contributed by atoms with Crippen LogP contribution in [0, 0.1) is 5.82 Å². The van der Waals surface area contributed by atoms with E-state index in [1.165, 1.54) is 12.1 Å². The lowest BCUT2D eigenvalue weighted by molar-refractivity contribution is -0.119. The summed E-state index contributed by atoms with van der Waals surface area (Å²) in [5, 5.41) is 2.70. The molecule has 0 radical (unpaired) electrons. The van der Waals surface area contributed by atoms with Crippen molar-refractivity contribution < 1.29 is 9.18 Å². The molecule has 0 saturated carbocycles. The van der Waals surface area contributed by atoms with Crippen LogP contribution in [0.2, 0.25) is 0 Å². The van der Waals surface area contributed by atoms with Gasteiger partial charge in [0.25, 0.3) is 0 Å². The fraction of sp³-hybridized carbons (Fsp3) is 0.364. The lowest BCUT2D eigenvalue weighted by atomic mass is 10.3. The fourth-order valence-corrected chi connectivity index (χ4v) is 1.26. The van der Waals surface area contributed by atoms with Crippen molar-refractivity contribution in [2.75, 3.05) is 25.0 Å². The third-order valence-corrected chi connectivity index (χ3v) is 2.02. The topological polar surface area (TPSA) is 32.3 Å². The molecule has 0 aliphatic rings. The first-order chi connectivity index (χ1) is 7.13. The molecule has 0 saturated heterocycles. The molecular weight excluding hydrogens is 195 g/mol. The van der Waals surface area contributed by atoms with Gasteiger partial charge >= 0.3 is 0 Å². The van der Waals surface area contributed by atoms with Gasteiger partial charge in [0.05, 0.1) is 6.54 Å². The molecule has 15 heavy (non-hydrogen) atoms. The highest BCUT2D eigenvalue weighted by Crippen LogP contribution is 2.12. The Hall–Kier alpha value is -1.58. The number of anilines is 1. The number of carbonyl (C=O) groups excluding carboxylic acids is 1. The quantitative estimate of drug-likeness (QED) is 0.814. The highest BCUT2D eigenvalue weighted by atomic mass is 19.1. The van der Waals surface area contributed by atoms with E-state index in [-0.39, 0.29) is 18.3 Å². The summed E-state index contributed by atoms with van der Waals surface area (Å²) in [5.74, 6) is -0.311. The van der Waals surface area contributed by atoms with E-state index in [2.05, 4.69) is 5.32 Å². The monoisotopic (exact) mass is 210 g/mol. The van der Waals surface area contributed by atoms with Gasteiger partial charge in [-0.15, -0.1) is 0 Å². The maximum atomic E-state index is 12.6. The summed E-state index contributed by atoms with van der Waals surface area (Å²) in [6.07, 6.45) is 0. The summed E-state index contributed by atoms with van der Waals surface area (Å²) in [4.78, 5) is 13.0. The van der Waals surface area contributed by atoms with E-state index in [1.54, 1.807) is 24.1 Å². The predicted octanol–water partition coefficient (Wildman–Crippen LogP) is 1.40. The number of likely N-dealkylation sites (N-methyl/N-ethyl adjacent to an activating group) is 2. The number of rotatable bonds is 4. The Labute approximate surface area is 88.9 Å². The summed E-state index contributed by atoms with van der Waals surface area (Å²) in [7, 11) is 1.79. The van der Waals surface area contributed by atoms with Crippen LogP contribution in [0.25, 0.3) is 0 Å². The van der Waals surface area contributed by atoms with Crippen molar-refractivity contribution >= 4 is 11.6 Å². The average molecular weight is 210 g/mol. The van der Waals surface area contributed by atoms with Crippen molar-refractivity contribution in [1.29, 1.82) is 0 Å². The molecule has 0 aliphatic heterocycles. The highest BCUT2D eigenvalue weighted by Gasteiger charge is 2.05. The Morgan fingerprint density at radius 2 is 2.00 bits per heavy atom. The molecule has 0 aromatic heterocycles. The van der Waals surface area contributed by atoms with Crippen molar-refractivity contribution in [3.05, 3.63) is 30.1 Å². The van der Waals surface area contributed by atoms with Crippen LogP contribution in [0.4, 0.5) is 10.1 Å². The molecule has 0 heterocycles. The summed E-state index contributed by atoms with van der Waals surface area (Å²) in [6, 6.07) is 6.05. The SMILES string of the molecule is CCNC(=O)CN(C)c1ccc(F)cc1. The molecule has 0 bridgehead atoms. The number of hydrogen-bond acceptors (Lipinski definition) is 2. The third kappa shape index (κ3) is 3.58. The summed E-state index contributed by atoms with van der Waals surface area (Å²) in [5.41, 5.74) is 0.822. The van der Waals surface area contributed by atoms with E-state index in [0.29, 0.717) is 6.54 Å². The molecule has 1 aromatic rings. The first-order valence-electron chi connectivity index (χ1n) is 4.87. The van der Waals surface area contributed by atoms with E-state index in [0.717, 1.165) is 5.69 Å². The first kappa shape index (κ1) is 11.5. The molecule has 1 aromatic carbocycles. The minimum atomic E-state index is -0.273. The van der Waals surface area contributed by atoms with Crippen LogP contribution in [-0.2, 0) is 4.79 Å². The second-order valence-electron chi connectivity index (χ2n) is 3.29. The van der Waals surface area contributed by atoms with Gasteiger partial charge < -0.3 is 10.2 Å². The van der Waals surface area contributed by atoms with E-state index in [1.807, 2.05) is 6.92 Å². The molecule has 3 nitrogen and oxygen atoms in total. The standard InChI is InChI=1S/C11H15FN2O/c1-3-13-11(15)8-14(2)10-6-4-9(12)5-7-10/h4-7H,3,8H2,1-2H3,(H,13,15). The summed E-state index contributed by atoms with van der Waals surface area (Å²) in [6.45, 7) is 2.77. The van der Waals surface area contributed by atoms with Crippen molar-refractivity contribution in [1.82, 2.24) is 5.32 Å². The number of hydrogen-bond donors (Lipinski definition) is 1. The van der Waals surface area contributed by atoms with Crippen molar-refractivity contribution in [3.8, 4) is 0 Å². The molecule has 1 N–H and O–H groups in total. The number of benzene rings is 1. The van der Waals surface area contributed by atoms with Gasteiger partial charge in [0.15, 0.2) is 0 Å². The largest absolute Gasteiger partial charge is 0.365 e. The molecule has 82 valence electrons. The van der Waals surface area contributed by atoms with E-state index in [9.17, 15) is 9.18 Å². The van der Waals surface area contributed by atoms with E-state index < -0.39 is 0 Å². The van der Waals surface area contributed by atoms with E-state index >= 15 is 0 Å².